The minimum absolute atomic E-state index is 0.405. The Morgan fingerprint density at radius 3 is 3.20 bits per heavy atom. The molecule has 1 unspecified atom stereocenters. The molecule has 1 N–H and O–H groups in total. The van der Waals surface area contributed by atoms with E-state index in [0.717, 1.165) is 12.2 Å². The molecule has 1 aliphatic heterocycles. The number of nitrogens with one attached hydrogen (secondary N) is 1. The molecule has 1 saturated heterocycles. The van der Waals surface area contributed by atoms with Crippen LogP contribution in [0.1, 0.15) is 24.6 Å². The van der Waals surface area contributed by atoms with Crippen LogP contribution < -0.4 is 5.32 Å². The first-order valence-corrected chi connectivity index (χ1v) is 3.63. The van der Waals surface area contributed by atoms with Crippen molar-refractivity contribution in [1.29, 1.82) is 0 Å². The van der Waals surface area contributed by atoms with E-state index in [1.807, 2.05) is 6.07 Å². The van der Waals surface area contributed by atoms with Crippen molar-refractivity contribution in [2.45, 2.75) is 18.9 Å². The van der Waals surface area contributed by atoms with Crippen LogP contribution in [0.3, 0.4) is 0 Å². The minimum atomic E-state index is 0.405. The van der Waals surface area contributed by atoms with E-state index in [2.05, 4.69) is 15.5 Å². The molecule has 3 nitrogen and oxygen atoms in total. The van der Waals surface area contributed by atoms with E-state index < -0.39 is 0 Å². The smallest absolute Gasteiger partial charge is 0.0662 e. The molecule has 1 aromatic heterocycles. The fourth-order valence-electron chi connectivity index (χ4n) is 1.33. The Morgan fingerprint density at radius 2 is 2.60 bits per heavy atom. The highest BCUT2D eigenvalue weighted by Gasteiger charge is 2.17. The van der Waals surface area contributed by atoms with Gasteiger partial charge in [-0.1, -0.05) is 0 Å². The third kappa shape index (κ3) is 0.926. The Hall–Kier alpha value is -0.830. The van der Waals surface area contributed by atoms with Crippen LogP contribution in [0.15, 0.2) is 12.3 Å². The molecule has 53 valence electrons. The summed E-state index contributed by atoms with van der Waals surface area (Å²) in [6.45, 7) is 1.02. The summed E-state index contributed by atoms with van der Waals surface area (Å²) in [5.74, 6) is 0. The van der Waals surface area contributed by atoms with Crippen LogP contribution in [-0.4, -0.2) is 16.7 Å². The van der Waals surface area contributed by atoms with E-state index in [1.165, 1.54) is 12.8 Å². The lowest BCUT2D eigenvalue weighted by molar-refractivity contribution is 0.614. The van der Waals surface area contributed by atoms with Crippen LogP contribution in [0.4, 0.5) is 0 Å². The second-order valence-corrected chi connectivity index (χ2v) is 2.58. The second-order valence-electron chi connectivity index (χ2n) is 2.58. The molecular weight excluding hydrogens is 126 g/mol. The van der Waals surface area contributed by atoms with Crippen LogP contribution in [0, 0.1) is 0 Å². The molecular formula is C7H10N3. The van der Waals surface area contributed by atoms with Gasteiger partial charge in [0.1, 0.15) is 0 Å². The quantitative estimate of drug-likeness (QED) is 0.611. The monoisotopic (exact) mass is 136 g/mol. The Morgan fingerprint density at radius 1 is 1.60 bits per heavy atom. The summed E-state index contributed by atoms with van der Waals surface area (Å²) < 4.78 is 0. The predicted octanol–water partition coefficient (Wildman–Crippen LogP) is 0.849. The minimum Gasteiger partial charge on any atom is -0.281 e. The first kappa shape index (κ1) is 5.92. The van der Waals surface area contributed by atoms with Crippen molar-refractivity contribution in [3.63, 3.8) is 0 Å². The molecule has 0 aliphatic carbocycles. The number of H-pyrrole nitrogens is 1. The molecule has 0 amide bonds. The number of hydrogen-bond donors (Lipinski definition) is 1. The van der Waals surface area contributed by atoms with Gasteiger partial charge < -0.3 is 0 Å². The average Bonchev–Trinajstić information content (AvgIpc) is 2.59. The van der Waals surface area contributed by atoms with Crippen molar-refractivity contribution in [2.75, 3.05) is 6.54 Å². The summed E-state index contributed by atoms with van der Waals surface area (Å²) >= 11 is 0. The lowest BCUT2D eigenvalue weighted by atomic mass is 10.2. The highest BCUT2D eigenvalue weighted by Crippen LogP contribution is 2.21. The molecule has 1 atom stereocenters. The summed E-state index contributed by atoms with van der Waals surface area (Å²) in [5.41, 5.74) is 1.16. The lowest BCUT2D eigenvalue weighted by Crippen LogP contribution is -2.05. The normalized spacial score (nSPS) is 25.4. The molecule has 0 spiro atoms. The van der Waals surface area contributed by atoms with Gasteiger partial charge in [0.05, 0.1) is 11.7 Å². The number of aromatic nitrogens is 2. The van der Waals surface area contributed by atoms with Crippen LogP contribution in [0.2, 0.25) is 0 Å². The average molecular weight is 136 g/mol. The zero-order chi connectivity index (χ0) is 6.81. The molecule has 10 heavy (non-hydrogen) atoms. The van der Waals surface area contributed by atoms with E-state index in [9.17, 15) is 0 Å². The van der Waals surface area contributed by atoms with Gasteiger partial charge in [-0.2, -0.15) is 5.10 Å². The van der Waals surface area contributed by atoms with Crippen molar-refractivity contribution in [2.24, 2.45) is 0 Å². The zero-order valence-corrected chi connectivity index (χ0v) is 5.75. The second kappa shape index (κ2) is 2.42. The molecule has 0 aromatic carbocycles. The predicted molar refractivity (Wildman–Crippen MR) is 37.6 cm³/mol. The van der Waals surface area contributed by atoms with Crippen LogP contribution in [-0.2, 0) is 0 Å². The lowest BCUT2D eigenvalue weighted by Gasteiger charge is -2.02. The molecule has 1 aliphatic rings. The summed E-state index contributed by atoms with van der Waals surface area (Å²) in [6.07, 6.45) is 4.19. The van der Waals surface area contributed by atoms with Crippen molar-refractivity contribution in [3.05, 3.63) is 18.0 Å². The van der Waals surface area contributed by atoms with Crippen LogP contribution in [0.25, 0.3) is 0 Å². The maximum absolute atomic E-state index is 4.41. The van der Waals surface area contributed by atoms with Gasteiger partial charge in [0.15, 0.2) is 0 Å². The Labute approximate surface area is 59.8 Å². The van der Waals surface area contributed by atoms with Gasteiger partial charge in [-0.05, 0) is 18.9 Å². The van der Waals surface area contributed by atoms with Crippen LogP contribution >= 0.6 is 0 Å². The van der Waals surface area contributed by atoms with E-state index in [1.54, 1.807) is 6.20 Å². The highest BCUT2D eigenvalue weighted by molar-refractivity contribution is 5.05. The largest absolute Gasteiger partial charge is 0.281 e. The maximum atomic E-state index is 4.41. The van der Waals surface area contributed by atoms with E-state index in [0.29, 0.717) is 6.04 Å². The Kier molecular flexibility index (Phi) is 1.43. The number of rotatable bonds is 1. The topological polar surface area (TPSA) is 42.8 Å². The Balaban J connectivity index is 2.12. The summed E-state index contributed by atoms with van der Waals surface area (Å²) in [7, 11) is 0. The maximum Gasteiger partial charge on any atom is 0.0662 e. The van der Waals surface area contributed by atoms with E-state index >= 15 is 0 Å². The van der Waals surface area contributed by atoms with Crippen molar-refractivity contribution < 1.29 is 0 Å². The molecule has 1 radical (unpaired) electrons. The fourth-order valence-corrected chi connectivity index (χ4v) is 1.33. The SMILES string of the molecule is c1cc(C2CCC[N]2)[nH]n1. The summed E-state index contributed by atoms with van der Waals surface area (Å²) in [5, 5.41) is 11.2. The first-order valence-electron chi connectivity index (χ1n) is 3.63. The van der Waals surface area contributed by atoms with Crippen molar-refractivity contribution >= 4 is 0 Å². The van der Waals surface area contributed by atoms with Crippen molar-refractivity contribution in [1.82, 2.24) is 15.5 Å². The summed E-state index contributed by atoms with van der Waals surface area (Å²) in [4.78, 5) is 0. The van der Waals surface area contributed by atoms with Crippen LogP contribution in [0.5, 0.6) is 0 Å². The third-order valence-corrected chi connectivity index (χ3v) is 1.87. The molecule has 2 rings (SSSR count). The molecule has 1 fully saturated rings. The molecule has 2 heterocycles. The van der Waals surface area contributed by atoms with Gasteiger partial charge in [0.25, 0.3) is 0 Å². The molecule has 3 heteroatoms. The number of aromatic amines is 1. The Bertz CT molecular complexity index is 187. The zero-order valence-electron chi connectivity index (χ0n) is 5.75. The van der Waals surface area contributed by atoms with Gasteiger partial charge in [0.2, 0.25) is 0 Å². The highest BCUT2D eigenvalue weighted by atomic mass is 15.1. The van der Waals surface area contributed by atoms with Gasteiger partial charge in [-0.25, -0.2) is 5.32 Å². The van der Waals surface area contributed by atoms with Gasteiger partial charge in [0, 0.05) is 12.7 Å². The fraction of sp³-hybridized carbons (Fsp3) is 0.571. The molecule has 0 bridgehead atoms. The van der Waals surface area contributed by atoms with Gasteiger partial charge in [-0.3, -0.25) is 5.10 Å². The van der Waals surface area contributed by atoms with E-state index in [-0.39, 0.29) is 0 Å². The number of hydrogen-bond acceptors (Lipinski definition) is 1. The standard InChI is InChI=1S/C7H10N3/c1-2-6(8-4-1)7-3-5-9-10-7/h3,5-6H,1-2,4H2,(H,9,10). The van der Waals surface area contributed by atoms with Gasteiger partial charge >= 0.3 is 0 Å². The van der Waals surface area contributed by atoms with Crippen molar-refractivity contribution in [3.8, 4) is 0 Å². The molecule has 1 aromatic rings. The van der Waals surface area contributed by atoms with E-state index in [4.69, 9.17) is 0 Å². The molecule has 0 saturated carbocycles. The number of nitrogens with zero attached hydrogens (tertiary/aromatic N) is 2. The first-order chi connectivity index (χ1) is 4.97. The van der Waals surface area contributed by atoms with Gasteiger partial charge in [-0.15, -0.1) is 0 Å². The summed E-state index contributed by atoms with van der Waals surface area (Å²) in [6, 6.07) is 2.40. The third-order valence-electron chi connectivity index (χ3n) is 1.87.